The number of carbonyl (C=O) groups excluding carboxylic acids is 3. The number of imide groups is 1. The highest BCUT2D eigenvalue weighted by molar-refractivity contribution is 7.91. The maximum atomic E-state index is 12.7. The van der Waals surface area contributed by atoms with Gasteiger partial charge in [0, 0.05) is 6.07 Å². The first-order valence-corrected chi connectivity index (χ1v) is 10.4. The van der Waals surface area contributed by atoms with Crippen molar-refractivity contribution in [3.8, 4) is 11.5 Å². The van der Waals surface area contributed by atoms with Crippen molar-refractivity contribution in [3.05, 3.63) is 18.2 Å². The van der Waals surface area contributed by atoms with Gasteiger partial charge in [0.05, 0.1) is 31.4 Å². The zero-order valence-electron chi connectivity index (χ0n) is 15.5. The molecule has 0 radical (unpaired) electrons. The predicted octanol–water partition coefficient (Wildman–Crippen LogP) is 0.142. The first-order valence-electron chi connectivity index (χ1n) is 8.56. The van der Waals surface area contributed by atoms with E-state index in [1.54, 1.807) is 18.2 Å². The van der Waals surface area contributed by atoms with Crippen molar-refractivity contribution in [2.75, 3.05) is 37.6 Å². The molecule has 2 aliphatic rings. The number of urea groups is 1. The lowest BCUT2D eigenvalue weighted by Crippen LogP contribution is -2.52. The summed E-state index contributed by atoms with van der Waals surface area (Å²) in [5.41, 5.74) is -0.923. The maximum Gasteiger partial charge on any atom is 0.325 e. The zero-order chi connectivity index (χ0) is 20.5. The van der Waals surface area contributed by atoms with Gasteiger partial charge < -0.3 is 20.1 Å². The van der Waals surface area contributed by atoms with Gasteiger partial charge in [-0.05, 0) is 25.0 Å². The molecule has 1 aromatic carbocycles. The number of benzene rings is 1. The molecular formula is C17H21N3O7S. The number of ether oxygens (including phenoxy) is 2. The van der Waals surface area contributed by atoms with Crippen LogP contribution in [0, 0.1) is 0 Å². The van der Waals surface area contributed by atoms with Crippen molar-refractivity contribution in [3.63, 3.8) is 0 Å². The molecule has 152 valence electrons. The number of amides is 4. The molecule has 0 bridgehead atoms. The molecule has 2 N–H and O–H groups in total. The number of carbonyl (C=O) groups is 3. The van der Waals surface area contributed by atoms with Crippen LogP contribution < -0.4 is 20.1 Å². The van der Waals surface area contributed by atoms with E-state index in [-0.39, 0.29) is 24.3 Å². The van der Waals surface area contributed by atoms with Crippen LogP contribution in [-0.4, -0.2) is 69.0 Å². The van der Waals surface area contributed by atoms with Crippen LogP contribution in [0.1, 0.15) is 12.8 Å². The quantitative estimate of drug-likeness (QED) is 0.659. The van der Waals surface area contributed by atoms with Gasteiger partial charge in [0.2, 0.25) is 5.91 Å². The predicted molar refractivity (Wildman–Crippen MR) is 99.0 cm³/mol. The molecule has 4 amide bonds. The van der Waals surface area contributed by atoms with Crippen LogP contribution in [-0.2, 0) is 19.4 Å². The van der Waals surface area contributed by atoms with E-state index in [9.17, 15) is 22.8 Å². The number of hydrogen-bond donors (Lipinski definition) is 2. The minimum Gasteiger partial charge on any atom is -0.497 e. The van der Waals surface area contributed by atoms with Gasteiger partial charge in [-0.25, -0.2) is 13.2 Å². The van der Waals surface area contributed by atoms with Gasteiger partial charge in [0.15, 0.2) is 9.84 Å². The summed E-state index contributed by atoms with van der Waals surface area (Å²) in [7, 11) is -0.293. The third kappa shape index (κ3) is 3.75. The highest BCUT2D eigenvalue weighted by atomic mass is 32.2. The molecule has 2 fully saturated rings. The largest absolute Gasteiger partial charge is 0.497 e. The van der Waals surface area contributed by atoms with Gasteiger partial charge in [0.25, 0.3) is 5.91 Å². The summed E-state index contributed by atoms with van der Waals surface area (Å²) < 4.78 is 33.6. The average Bonchev–Trinajstić information content (AvgIpc) is 2.88. The molecule has 0 saturated carbocycles. The van der Waals surface area contributed by atoms with Gasteiger partial charge >= 0.3 is 6.03 Å². The van der Waals surface area contributed by atoms with E-state index in [2.05, 4.69) is 10.6 Å². The summed E-state index contributed by atoms with van der Waals surface area (Å²) in [5, 5.41) is 5.16. The van der Waals surface area contributed by atoms with E-state index in [1.165, 1.54) is 14.2 Å². The number of nitrogens with zero attached hydrogens (tertiary/aromatic N) is 1. The normalized spacial score (nSPS) is 20.0. The Hall–Kier alpha value is -2.82. The standard InChI is InChI=1S/C17H21N3O7S/c1-26-11-3-4-13(27-2)12(9-11)18-14(21)10-20-15(22)17(19-16(20)23)5-7-28(24,25)8-6-17/h3-4,9H,5-8,10H2,1-2H3,(H,18,21)(H,19,23). The highest BCUT2D eigenvalue weighted by Gasteiger charge is 2.53. The number of rotatable bonds is 5. The zero-order valence-corrected chi connectivity index (χ0v) is 16.3. The summed E-state index contributed by atoms with van der Waals surface area (Å²) in [5.74, 6) is -0.662. The smallest absolute Gasteiger partial charge is 0.325 e. The topological polar surface area (TPSA) is 131 Å². The van der Waals surface area contributed by atoms with E-state index in [0.717, 1.165) is 4.90 Å². The summed E-state index contributed by atoms with van der Waals surface area (Å²) in [6, 6.07) is 4.11. The number of methoxy groups -OCH3 is 2. The molecule has 0 aliphatic carbocycles. The van der Waals surface area contributed by atoms with E-state index in [4.69, 9.17) is 9.47 Å². The van der Waals surface area contributed by atoms with Crippen molar-refractivity contribution in [2.45, 2.75) is 18.4 Å². The van der Waals surface area contributed by atoms with Crippen molar-refractivity contribution >= 4 is 33.4 Å². The fourth-order valence-corrected chi connectivity index (χ4v) is 4.81. The Labute approximate surface area is 162 Å². The average molecular weight is 411 g/mol. The lowest BCUT2D eigenvalue weighted by Gasteiger charge is -2.30. The summed E-state index contributed by atoms with van der Waals surface area (Å²) in [4.78, 5) is 38.2. The fourth-order valence-electron chi connectivity index (χ4n) is 3.29. The third-order valence-corrected chi connectivity index (χ3v) is 6.56. The Balaban J connectivity index is 1.71. The molecule has 11 heteroatoms. The number of sulfone groups is 1. The van der Waals surface area contributed by atoms with E-state index < -0.39 is 39.8 Å². The molecule has 1 aromatic rings. The Morgan fingerprint density at radius 2 is 1.89 bits per heavy atom. The van der Waals surface area contributed by atoms with Crippen molar-refractivity contribution in [2.24, 2.45) is 0 Å². The molecule has 2 heterocycles. The van der Waals surface area contributed by atoms with Gasteiger partial charge in [-0.3, -0.25) is 14.5 Å². The van der Waals surface area contributed by atoms with Crippen molar-refractivity contribution in [1.29, 1.82) is 0 Å². The fraction of sp³-hybridized carbons (Fsp3) is 0.471. The van der Waals surface area contributed by atoms with Crippen molar-refractivity contribution < 1.29 is 32.3 Å². The van der Waals surface area contributed by atoms with Gasteiger partial charge in [-0.15, -0.1) is 0 Å². The first kappa shape index (κ1) is 19.9. The lowest BCUT2D eigenvalue weighted by molar-refractivity contribution is -0.134. The number of hydrogen-bond acceptors (Lipinski definition) is 7. The van der Waals surface area contributed by atoms with Crippen LogP contribution in [0.3, 0.4) is 0 Å². The van der Waals surface area contributed by atoms with Crippen LogP contribution in [0.5, 0.6) is 11.5 Å². The van der Waals surface area contributed by atoms with Crippen LogP contribution in [0.25, 0.3) is 0 Å². The summed E-state index contributed by atoms with van der Waals surface area (Å²) >= 11 is 0. The van der Waals surface area contributed by atoms with E-state index >= 15 is 0 Å². The highest BCUT2D eigenvalue weighted by Crippen LogP contribution is 2.31. The SMILES string of the molecule is COc1ccc(OC)c(NC(=O)CN2C(=O)NC3(CCS(=O)(=O)CC3)C2=O)c1. The molecule has 3 rings (SSSR count). The second-order valence-corrected chi connectivity index (χ2v) is 8.97. The maximum absolute atomic E-state index is 12.7. The Morgan fingerprint density at radius 1 is 1.21 bits per heavy atom. The molecule has 2 saturated heterocycles. The first-order chi connectivity index (χ1) is 13.2. The van der Waals surface area contributed by atoms with Crippen molar-refractivity contribution in [1.82, 2.24) is 10.2 Å². The molecule has 2 aliphatic heterocycles. The van der Waals surface area contributed by atoms with Gasteiger partial charge in [-0.1, -0.05) is 0 Å². The summed E-state index contributed by atoms with van der Waals surface area (Å²) in [6.45, 7) is -0.500. The van der Waals surface area contributed by atoms with E-state index in [1.807, 2.05) is 0 Å². The monoisotopic (exact) mass is 411 g/mol. The third-order valence-electron chi connectivity index (χ3n) is 4.91. The van der Waals surface area contributed by atoms with Crippen LogP contribution in [0.4, 0.5) is 10.5 Å². The van der Waals surface area contributed by atoms with Gasteiger partial charge in [-0.2, -0.15) is 0 Å². The van der Waals surface area contributed by atoms with Crippen LogP contribution >= 0.6 is 0 Å². The molecular weight excluding hydrogens is 390 g/mol. The minimum absolute atomic E-state index is 0.00172. The lowest BCUT2D eigenvalue weighted by atomic mass is 9.92. The Bertz CT molecular complexity index is 915. The minimum atomic E-state index is -3.21. The van der Waals surface area contributed by atoms with Crippen LogP contribution in [0.2, 0.25) is 0 Å². The number of nitrogens with one attached hydrogen (secondary N) is 2. The molecule has 0 aromatic heterocycles. The molecule has 28 heavy (non-hydrogen) atoms. The van der Waals surface area contributed by atoms with E-state index in [0.29, 0.717) is 17.2 Å². The Kier molecular flexibility index (Phi) is 5.20. The molecule has 0 unspecified atom stereocenters. The van der Waals surface area contributed by atoms with Crippen LogP contribution in [0.15, 0.2) is 18.2 Å². The molecule has 0 atom stereocenters. The molecule has 1 spiro atoms. The molecule has 10 nitrogen and oxygen atoms in total. The Morgan fingerprint density at radius 3 is 2.50 bits per heavy atom. The summed E-state index contributed by atoms with van der Waals surface area (Å²) in [6.07, 6.45) is 0.00344. The second kappa shape index (κ2) is 7.30. The number of anilines is 1. The second-order valence-electron chi connectivity index (χ2n) is 6.67. The van der Waals surface area contributed by atoms with Gasteiger partial charge in [0.1, 0.15) is 23.6 Å².